The first-order valence-corrected chi connectivity index (χ1v) is 5.03. The topological polar surface area (TPSA) is 38.3 Å². The van der Waals surface area contributed by atoms with Crippen LogP contribution in [-0.2, 0) is 9.53 Å². The average molecular weight is 185 g/mol. The summed E-state index contributed by atoms with van der Waals surface area (Å²) in [6.45, 7) is 6.62. The van der Waals surface area contributed by atoms with Crippen molar-refractivity contribution in [1.82, 2.24) is 5.32 Å². The van der Waals surface area contributed by atoms with Crippen LogP contribution in [0, 0.1) is 11.8 Å². The molecule has 3 heteroatoms. The van der Waals surface area contributed by atoms with Gasteiger partial charge in [0.2, 0.25) is 5.91 Å². The highest BCUT2D eigenvalue weighted by Crippen LogP contribution is 2.12. The lowest BCUT2D eigenvalue weighted by Crippen LogP contribution is -2.35. The van der Waals surface area contributed by atoms with E-state index in [1.807, 2.05) is 0 Å². The third-order valence-electron chi connectivity index (χ3n) is 2.15. The molecule has 0 aromatic heterocycles. The van der Waals surface area contributed by atoms with Crippen molar-refractivity contribution in [3.8, 4) is 0 Å². The molecular formula is C10H19NO2. The minimum Gasteiger partial charge on any atom is -0.381 e. The van der Waals surface area contributed by atoms with Gasteiger partial charge in [0.25, 0.3) is 0 Å². The first-order valence-electron chi connectivity index (χ1n) is 5.03. The largest absolute Gasteiger partial charge is 0.381 e. The monoisotopic (exact) mass is 185 g/mol. The second kappa shape index (κ2) is 5.22. The molecule has 3 nitrogen and oxygen atoms in total. The minimum atomic E-state index is 0.171. The van der Waals surface area contributed by atoms with Gasteiger partial charge in [-0.2, -0.15) is 0 Å². The second-order valence-electron chi connectivity index (χ2n) is 4.14. The molecule has 13 heavy (non-hydrogen) atoms. The summed E-state index contributed by atoms with van der Waals surface area (Å²) in [6, 6.07) is 0. The van der Waals surface area contributed by atoms with Gasteiger partial charge in [-0.3, -0.25) is 4.79 Å². The van der Waals surface area contributed by atoms with Gasteiger partial charge in [0.15, 0.2) is 0 Å². The lowest BCUT2D eigenvalue weighted by molar-refractivity contribution is -0.124. The number of amides is 1. The van der Waals surface area contributed by atoms with Crippen molar-refractivity contribution in [3.63, 3.8) is 0 Å². The van der Waals surface area contributed by atoms with E-state index in [1.54, 1.807) is 0 Å². The maximum atomic E-state index is 11.0. The molecule has 1 aliphatic heterocycles. The van der Waals surface area contributed by atoms with Crippen molar-refractivity contribution in [2.45, 2.75) is 26.7 Å². The predicted molar refractivity (Wildman–Crippen MR) is 51.4 cm³/mol. The molecule has 0 aliphatic carbocycles. The van der Waals surface area contributed by atoms with Crippen LogP contribution < -0.4 is 5.32 Å². The quantitative estimate of drug-likeness (QED) is 0.714. The fraction of sp³-hybridized carbons (Fsp3) is 0.900. The zero-order chi connectivity index (χ0) is 9.68. The van der Waals surface area contributed by atoms with Gasteiger partial charge in [-0.25, -0.2) is 0 Å². The van der Waals surface area contributed by atoms with Crippen LogP contribution in [0.5, 0.6) is 0 Å². The zero-order valence-corrected chi connectivity index (χ0v) is 8.51. The van der Waals surface area contributed by atoms with Crippen molar-refractivity contribution in [2.24, 2.45) is 11.8 Å². The molecule has 1 N–H and O–H groups in total. The molecule has 1 fully saturated rings. The molecule has 0 saturated carbocycles. The second-order valence-corrected chi connectivity index (χ2v) is 4.14. The van der Waals surface area contributed by atoms with Gasteiger partial charge in [0, 0.05) is 26.2 Å². The number of hydrogen-bond donors (Lipinski definition) is 1. The Morgan fingerprint density at radius 3 is 3.00 bits per heavy atom. The van der Waals surface area contributed by atoms with Crippen molar-refractivity contribution < 1.29 is 9.53 Å². The Morgan fingerprint density at radius 2 is 2.38 bits per heavy atom. The Kier molecular flexibility index (Phi) is 4.22. The van der Waals surface area contributed by atoms with Crippen LogP contribution >= 0.6 is 0 Å². The summed E-state index contributed by atoms with van der Waals surface area (Å²) < 4.78 is 5.50. The van der Waals surface area contributed by atoms with Crippen molar-refractivity contribution >= 4 is 5.91 Å². The number of piperidine rings is 1. The van der Waals surface area contributed by atoms with Gasteiger partial charge in [0.05, 0.1) is 0 Å². The molecule has 1 amide bonds. The van der Waals surface area contributed by atoms with Crippen LogP contribution in [0.2, 0.25) is 0 Å². The molecule has 1 aliphatic rings. The van der Waals surface area contributed by atoms with Gasteiger partial charge in [0.1, 0.15) is 0 Å². The SMILES string of the molecule is CC(C)COCC1CCNC(=O)C1. The van der Waals surface area contributed by atoms with E-state index in [2.05, 4.69) is 19.2 Å². The van der Waals surface area contributed by atoms with E-state index in [0.717, 1.165) is 26.2 Å². The number of hydrogen-bond acceptors (Lipinski definition) is 2. The van der Waals surface area contributed by atoms with Crippen LogP contribution in [0.4, 0.5) is 0 Å². The fourth-order valence-corrected chi connectivity index (χ4v) is 1.46. The van der Waals surface area contributed by atoms with Crippen LogP contribution in [0.3, 0.4) is 0 Å². The molecule has 0 aromatic carbocycles. The molecule has 0 aromatic rings. The van der Waals surface area contributed by atoms with Crippen LogP contribution in [0.15, 0.2) is 0 Å². The van der Waals surface area contributed by atoms with Gasteiger partial charge in [-0.05, 0) is 18.3 Å². The molecule has 76 valence electrons. The first kappa shape index (κ1) is 10.5. The maximum Gasteiger partial charge on any atom is 0.220 e. The Bertz CT molecular complexity index is 168. The van der Waals surface area contributed by atoms with Crippen molar-refractivity contribution in [3.05, 3.63) is 0 Å². The van der Waals surface area contributed by atoms with Gasteiger partial charge >= 0.3 is 0 Å². The van der Waals surface area contributed by atoms with E-state index in [1.165, 1.54) is 0 Å². The summed E-state index contributed by atoms with van der Waals surface area (Å²) in [5.41, 5.74) is 0. The Hall–Kier alpha value is -0.570. The molecule has 1 heterocycles. The third kappa shape index (κ3) is 4.27. The Morgan fingerprint density at radius 1 is 1.62 bits per heavy atom. The number of carbonyl (C=O) groups is 1. The molecule has 1 atom stereocenters. The molecule has 1 saturated heterocycles. The van der Waals surface area contributed by atoms with E-state index in [-0.39, 0.29) is 5.91 Å². The molecule has 0 spiro atoms. The van der Waals surface area contributed by atoms with Crippen molar-refractivity contribution in [2.75, 3.05) is 19.8 Å². The number of rotatable bonds is 4. The van der Waals surface area contributed by atoms with Crippen LogP contribution in [-0.4, -0.2) is 25.7 Å². The van der Waals surface area contributed by atoms with Gasteiger partial charge in [-0.1, -0.05) is 13.8 Å². The lowest BCUT2D eigenvalue weighted by Gasteiger charge is -2.22. The molecule has 1 unspecified atom stereocenters. The summed E-state index contributed by atoms with van der Waals surface area (Å²) >= 11 is 0. The van der Waals surface area contributed by atoms with Crippen molar-refractivity contribution in [1.29, 1.82) is 0 Å². The summed E-state index contributed by atoms with van der Waals surface area (Å²) in [7, 11) is 0. The Labute approximate surface area is 79.8 Å². The number of ether oxygens (including phenoxy) is 1. The van der Waals surface area contributed by atoms with E-state index in [9.17, 15) is 4.79 Å². The van der Waals surface area contributed by atoms with Gasteiger partial charge in [-0.15, -0.1) is 0 Å². The third-order valence-corrected chi connectivity index (χ3v) is 2.15. The number of carbonyl (C=O) groups excluding carboxylic acids is 1. The summed E-state index contributed by atoms with van der Waals surface area (Å²) in [5.74, 6) is 1.19. The smallest absolute Gasteiger partial charge is 0.220 e. The lowest BCUT2D eigenvalue weighted by atomic mass is 9.99. The van der Waals surface area contributed by atoms with Gasteiger partial charge < -0.3 is 10.1 Å². The minimum absolute atomic E-state index is 0.171. The zero-order valence-electron chi connectivity index (χ0n) is 8.51. The van der Waals surface area contributed by atoms with E-state index in [0.29, 0.717) is 18.3 Å². The van der Waals surface area contributed by atoms with E-state index in [4.69, 9.17) is 4.74 Å². The fourth-order valence-electron chi connectivity index (χ4n) is 1.46. The summed E-state index contributed by atoms with van der Waals surface area (Å²) in [6.07, 6.45) is 1.70. The first-order chi connectivity index (χ1) is 6.18. The van der Waals surface area contributed by atoms with Crippen LogP contribution in [0.25, 0.3) is 0 Å². The molecular weight excluding hydrogens is 166 g/mol. The molecule has 0 bridgehead atoms. The Balaban J connectivity index is 2.10. The maximum absolute atomic E-state index is 11.0. The normalized spacial score (nSPS) is 23.3. The molecule has 1 rings (SSSR count). The van der Waals surface area contributed by atoms with E-state index < -0.39 is 0 Å². The molecule has 0 radical (unpaired) electrons. The standard InChI is InChI=1S/C10H19NO2/c1-8(2)6-13-7-9-3-4-11-10(12)5-9/h8-9H,3-7H2,1-2H3,(H,11,12). The number of nitrogens with one attached hydrogen (secondary N) is 1. The highest BCUT2D eigenvalue weighted by atomic mass is 16.5. The highest BCUT2D eigenvalue weighted by Gasteiger charge is 2.18. The predicted octanol–water partition coefficient (Wildman–Crippen LogP) is 1.19. The summed E-state index contributed by atoms with van der Waals surface area (Å²) in [5, 5.41) is 2.82. The highest BCUT2D eigenvalue weighted by molar-refractivity contribution is 5.76. The van der Waals surface area contributed by atoms with E-state index >= 15 is 0 Å². The average Bonchev–Trinajstić information content (AvgIpc) is 2.03. The van der Waals surface area contributed by atoms with Crippen LogP contribution in [0.1, 0.15) is 26.7 Å². The summed E-state index contributed by atoms with van der Waals surface area (Å²) in [4.78, 5) is 11.0.